The normalized spacial score (nSPS) is 13.9. The largest absolute Gasteiger partial charge is 0.368 e. The molecule has 1 aromatic carbocycles. The molecule has 0 radical (unpaired) electrons. The predicted molar refractivity (Wildman–Crippen MR) is 80.3 cm³/mol. The van der Waals surface area contributed by atoms with E-state index in [0.717, 1.165) is 22.9 Å². The van der Waals surface area contributed by atoms with Gasteiger partial charge in [-0.1, -0.05) is 32.4 Å². The van der Waals surface area contributed by atoms with Crippen LogP contribution in [-0.4, -0.2) is 21.9 Å². The first kappa shape index (κ1) is 14.2. The van der Waals surface area contributed by atoms with Crippen molar-refractivity contribution in [2.45, 2.75) is 33.2 Å². The molecule has 0 aliphatic rings. The van der Waals surface area contributed by atoms with Gasteiger partial charge in [0, 0.05) is 5.39 Å². The van der Waals surface area contributed by atoms with Crippen molar-refractivity contribution in [3.8, 4) is 0 Å². The zero-order chi connectivity index (χ0) is 14.7. The predicted octanol–water partition coefficient (Wildman–Crippen LogP) is 2.25. The zero-order valence-electron chi connectivity index (χ0n) is 12.1. The zero-order valence-corrected chi connectivity index (χ0v) is 12.1. The van der Waals surface area contributed by atoms with Gasteiger partial charge in [0.15, 0.2) is 0 Å². The van der Waals surface area contributed by atoms with Crippen molar-refractivity contribution in [2.75, 3.05) is 5.32 Å². The second kappa shape index (κ2) is 5.86. The highest BCUT2D eigenvalue weighted by molar-refractivity contribution is 5.93. The smallest absolute Gasteiger partial charge is 0.240 e. The number of rotatable bonds is 5. The summed E-state index contributed by atoms with van der Waals surface area (Å²) in [6, 6.07) is 5.46. The summed E-state index contributed by atoms with van der Waals surface area (Å²) in [6.45, 7) is 6.03. The molecule has 0 fully saturated rings. The average molecular weight is 272 g/mol. The number of hydrogen-bond acceptors (Lipinski definition) is 4. The molecule has 1 heterocycles. The van der Waals surface area contributed by atoms with Crippen LogP contribution in [0.4, 0.5) is 5.82 Å². The molecule has 1 amide bonds. The lowest BCUT2D eigenvalue weighted by Gasteiger charge is -2.22. The standard InChI is InChI=1S/C15H20N4O/c1-4-9(2)13(14(16)20)19-15-11-7-5-6-10(3)12(11)17-8-18-15/h5-9,13H,4H2,1-3H3,(H2,16,20)(H,17,18,19). The van der Waals surface area contributed by atoms with E-state index in [9.17, 15) is 4.79 Å². The van der Waals surface area contributed by atoms with Gasteiger partial charge in [0.25, 0.3) is 0 Å². The highest BCUT2D eigenvalue weighted by Crippen LogP contribution is 2.23. The Labute approximate surface area is 118 Å². The summed E-state index contributed by atoms with van der Waals surface area (Å²) in [6.07, 6.45) is 2.37. The number of carbonyl (C=O) groups is 1. The lowest BCUT2D eigenvalue weighted by molar-refractivity contribution is -0.119. The fourth-order valence-electron chi connectivity index (χ4n) is 2.23. The third-order valence-corrected chi connectivity index (χ3v) is 3.68. The Hall–Kier alpha value is -2.17. The molecule has 3 N–H and O–H groups in total. The highest BCUT2D eigenvalue weighted by atomic mass is 16.1. The molecule has 5 nitrogen and oxygen atoms in total. The maximum atomic E-state index is 11.6. The summed E-state index contributed by atoms with van der Waals surface area (Å²) in [5.41, 5.74) is 7.45. The minimum absolute atomic E-state index is 0.141. The molecule has 0 spiro atoms. The van der Waals surface area contributed by atoms with E-state index in [1.165, 1.54) is 6.33 Å². The van der Waals surface area contributed by atoms with Crippen molar-refractivity contribution in [3.05, 3.63) is 30.1 Å². The number of nitrogens with zero attached hydrogens (tertiary/aromatic N) is 2. The van der Waals surface area contributed by atoms with E-state index in [2.05, 4.69) is 15.3 Å². The van der Waals surface area contributed by atoms with Crippen LogP contribution in [0.1, 0.15) is 25.8 Å². The van der Waals surface area contributed by atoms with Crippen molar-refractivity contribution < 1.29 is 4.79 Å². The molecule has 5 heteroatoms. The van der Waals surface area contributed by atoms with Crippen LogP contribution in [0.2, 0.25) is 0 Å². The summed E-state index contributed by atoms with van der Waals surface area (Å²) < 4.78 is 0. The van der Waals surface area contributed by atoms with Crippen molar-refractivity contribution in [2.24, 2.45) is 11.7 Å². The summed E-state index contributed by atoms with van der Waals surface area (Å²) in [4.78, 5) is 20.2. The van der Waals surface area contributed by atoms with Crippen LogP contribution < -0.4 is 11.1 Å². The van der Waals surface area contributed by atoms with Gasteiger partial charge < -0.3 is 11.1 Å². The van der Waals surface area contributed by atoms with Gasteiger partial charge in [-0.15, -0.1) is 0 Å². The second-order valence-electron chi connectivity index (χ2n) is 5.10. The topological polar surface area (TPSA) is 80.9 Å². The number of primary amides is 1. The molecule has 0 bridgehead atoms. The summed E-state index contributed by atoms with van der Waals surface area (Å²) in [5.74, 6) is 0.434. The molecule has 2 aromatic rings. The Morgan fingerprint density at radius 3 is 2.80 bits per heavy atom. The molecule has 20 heavy (non-hydrogen) atoms. The number of hydrogen-bond donors (Lipinski definition) is 2. The second-order valence-corrected chi connectivity index (χ2v) is 5.10. The van der Waals surface area contributed by atoms with Gasteiger partial charge in [0.05, 0.1) is 5.52 Å². The molecule has 0 aliphatic heterocycles. The van der Waals surface area contributed by atoms with Gasteiger partial charge in [-0.3, -0.25) is 4.79 Å². The number of amides is 1. The highest BCUT2D eigenvalue weighted by Gasteiger charge is 2.22. The molecule has 2 rings (SSSR count). The Balaban J connectivity index is 2.43. The Kier molecular flexibility index (Phi) is 4.17. The molecule has 0 aliphatic carbocycles. The van der Waals surface area contributed by atoms with Crippen LogP contribution in [-0.2, 0) is 4.79 Å². The SMILES string of the molecule is CCC(C)C(Nc1ncnc2c(C)cccc12)C(N)=O. The lowest BCUT2D eigenvalue weighted by atomic mass is 9.98. The average Bonchev–Trinajstić information content (AvgIpc) is 2.44. The number of anilines is 1. The van der Waals surface area contributed by atoms with Gasteiger partial charge in [-0.25, -0.2) is 9.97 Å². The fraction of sp³-hybridized carbons (Fsp3) is 0.400. The fourth-order valence-corrected chi connectivity index (χ4v) is 2.23. The number of para-hydroxylation sites is 1. The first-order valence-electron chi connectivity index (χ1n) is 6.80. The molecule has 2 unspecified atom stereocenters. The van der Waals surface area contributed by atoms with Crippen molar-refractivity contribution in [1.82, 2.24) is 9.97 Å². The van der Waals surface area contributed by atoms with Crippen LogP contribution in [0.5, 0.6) is 0 Å². The van der Waals surface area contributed by atoms with Crippen molar-refractivity contribution >= 4 is 22.6 Å². The summed E-state index contributed by atoms with van der Waals surface area (Å²) >= 11 is 0. The van der Waals surface area contributed by atoms with E-state index in [4.69, 9.17) is 5.73 Å². The van der Waals surface area contributed by atoms with E-state index in [1.807, 2.05) is 39.0 Å². The lowest BCUT2D eigenvalue weighted by Crippen LogP contribution is -2.40. The minimum atomic E-state index is -0.432. The van der Waals surface area contributed by atoms with E-state index in [0.29, 0.717) is 5.82 Å². The molecule has 2 atom stereocenters. The third-order valence-electron chi connectivity index (χ3n) is 3.68. The maximum absolute atomic E-state index is 11.6. The van der Waals surface area contributed by atoms with E-state index >= 15 is 0 Å². The van der Waals surface area contributed by atoms with Gasteiger partial charge in [0.1, 0.15) is 18.2 Å². The minimum Gasteiger partial charge on any atom is -0.368 e. The summed E-state index contributed by atoms with van der Waals surface area (Å²) in [7, 11) is 0. The molecule has 0 saturated carbocycles. The number of benzene rings is 1. The Bertz CT molecular complexity index is 626. The number of carbonyl (C=O) groups excluding carboxylic acids is 1. The molecule has 106 valence electrons. The van der Waals surface area contributed by atoms with Crippen LogP contribution in [0.25, 0.3) is 10.9 Å². The van der Waals surface area contributed by atoms with Crippen LogP contribution in [0, 0.1) is 12.8 Å². The van der Waals surface area contributed by atoms with Gasteiger partial charge in [-0.05, 0) is 24.5 Å². The van der Waals surface area contributed by atoms with Crippen LogP contribution >= 0.6 is 0 Å². The van der Waals surface area contributed by atoms with Crippen LogP contribution in [0.3, 0.4) is 0 Å². The molecule has 1 aromatic heterocycles. The quantitative estimate of drug-likeness (QED) is 0.874. The monoisotopic (exact) mass is 272 g/mol. The van der Waals surface area contributed by atoms with Gasteiger partial charge >= 0.3 is 0 Å². The first-order chi connectivity index (χ1) is 9.54. The Morgan fingerprint density at radius 2 is 2.15 bits per heavy atom. The van der Waals surface area contributed by atoms with E-state index < -0.39 is 6.04 Å². The summed E-state index contributed by atoms with van der Waals surface area (Å²) in [5, 5.41) is 4.08. The van der Waals surface area contributed by atoms with Gasteiger partial charge in [0.2, 0.25) is 5.91 Å². The number of nitrogens with two attached hydrogens (primary N) is 1. The number of aryl methyl sites for hydroxylation is 1. The maximum Gasteiger partial charge on any atom is 0.240 e. The molecular weight excluding hydrogens is 252 g/mol. The first-order valence-corrected chi connectivity index (χ1v) is 6.80. The third kappa shape index (κ3) is 2.71. The molecular formula is C15H20N4O. The number of aromatic nitrogens is 2. The van der Waals surface area contributed by atoms with E-state index in [1.54, 1.807) is 0 Å². The van der Waals surface area contributed by atoms with Crippen molar-refractivity contribution in [1.29, 1.82) is 0 Å². The van der Waals surface area contributed by atoms with Crippen LogP contribution in [0.15, 0.2) is 24.5 Å². The van der Waals surface area contributed by atoms with Gasteiger partial charge in [-0.2, -0.15) is 0 Å². The van der Waals surface area contributed by atoms with Crippen molar-refractivity contribution in [3.63, 3.8) is 0 Å². The number of fused-ring (bicyclic) bond motifs is 1. The Morgan fingerprint density at radius 1 is 1.40 bits per heavy atom. The number of nitrogens with one attached hydrogen (secondary N) is 1. The molecule has 0 saturated heterocycles. The van der Waals surface area contributed by atoms with E-state index in [-0.39, 0.29) is 11.8 Å².